The van der Waals surface area contributed by atoms with E-state index in [2.05, 4.69) is 47.5 Å². The monoisotopic (exact) mass is 532 g/mol. The predicted molar refractivity (Wildman–Crippen MR) is 143 cm³/mol. The Morgan fingerprint density at radius 2 is 1.36 bits per heavy atom. The third-order valence-corrected chi connectivity index (χ3v) is 6.08. The third kappa shape index (κ3) is 7.85. The van der Waals surface area contributed by atoms with Crippen LogP contribution in [0.3, 0.4) is 0 Å². The Kier molecular flexibility index (Phi) is 8.89. The summed E-state index contributed by atoms with van der Waals surface area (Å²) in [5, 5.41) is 0.992. The Morgan fingerprint density at radius 3 is 2.08 bits per heavy atom. The summed E-state index contributed by atoms with van der Waals surface area (Å²) < 4.78 is 69.5. The summed E-state index contributed by atoms with van der Waals surface area (Å²) in [6, 6.07) is 19.4. The molecule has 4 aromatic rings. The van der Waals surface area contributed by atoms with Crippen LogP contribution in [0, 0.1) is 35.3 Å². The van der Waals surface area contributed by atoms with E-state index < -0.39 is 23.7 Å². The van der Waals surface area contributed by atoms with Crippen molar-refractivity contribution in [3.05, 3.63) is 112 Å². The van der Waals surface area contributed by atoms with Crippen molar-refractivity contribution in [2.45, 2.75) is 45.4 Å². The van der Waals surface area contributed by atoms with Gasteiger partial charge in [-0.2, -0.15) is 0 Å². The van der Waals surface area contributed by atoms with Crippen molar-refractivity contribution < 1.29 is 26.7 Å². The van der Waals surface area contributed by atoms with Gasteiger partial charge in [0.1, 0.15) is 5.82 Å². The molecule has 0 aliphatic carbocycles. The zero-order valence-corrected chi connectivity index (χ0v) is 21.3. The molecule has 6 heteroatoms. The lowest BCUT2D eigenvalue weighted by atomic mass is 10.0. The maximum Gasteiger partial charge on any atom is 0.573 e. The molecule has 0 saturated heterocycles. The largest absolute Gasteiger partial charge is 0.573 e. The van der Waals surface area contributed by atoms with E-state index in [9.17, 15) is 17.6 Å². The van der Waals surface area contributed by atoms with E-state index >= 15 is 4.39 Å². The molecule has 0 aliphatic rings. The minimum absolute atomic E-state index is 0.0761. The van der Waals surface area contributed by atoms with Gasteiger partial charge in [0.15, 0.2) is 11.6 Å². The fraction of sp³-hybridized carbons (Fsp3) is 0.212. The molecule has 0 bridgehead atoms. The number of aryl methyl sites for hydroxylation is 1. The second-order valence-electron chi connectivity index (χ2n) is 9.06. The maximum atomic E-state index is 15.1. The third-order valence-electron chi connectivity index (χ3n) is 6.08. The number of benzene rings is 4. The van der Waals surface area contributed by atoms with Crippen molar-refractivity contribution in [2.24, 2.45) is 0 Å². The Labute approximate surface area is 224 Å². The summed E-state index contributed by atoms with van der Waals surface area (Å²) in [6.45, 7) is 2.20. The van der Waals surface area contributed by atoms with Gasteiger partial charge in [-0.15, -0.1) is 13.2 Å². The molecule has 39 heavy (non-hydrogen) atoms. The van der Waals surface area contributed by atoms with Crippen molar-refractivity contribution in [2.75, 3.05) is 0 Å². The summed E-state index contributed by atoms with van der Waals surface area (Å²) in [4.78, 5) is 0. The van der Waals surface area contributed by atoms with Gasteiger partial charge in [0, 0.05) is 22.1 Å². The van der Waals surface area contributed by atoms with Crippen LogP contribution in [0.4, 0.5) is 22.0 Å². The molecule has 1 nitrogen and oxygen atoms in total. The summed E-state index contributed by atoms with van der Waals surface area (Å²) in [7, 11) is 0. The molecule has 0 radical (unpaired) electrons. The van der Waals surface area contributed by atoms with Gasteiger partial charge in [-0.3, -0.25) is 0 Å². The number of fused-ring (bicyclic) bond motifs is 1. The lowest BCUT2D eigenvalue weighted by molar-refractivity contribution is -0.275. The molecule has 0 saturated carbocycles. The summed E-state index contributed by atoms with van der Waals surface area (Å²) in [6.07, 6.45) is 0.969. The highest BCUT2D eigenvalue weighted by atomic mass is 19.4. The Balaban J connectivity index is 1.47. The maximum absolute atomic E-state index is 15.1. The molecule has 198 valence electrons. The van der Waals surface area contributed by atoms with Crippen LogP contribution < -0.4 is 4.74 Å². The van der Waals surface area contributed by atoms with Crippen LogP contribution in [0.2, 0.25) is 0 Å². The van der Waals surface area contributed by atoms with E-state index in [1.165, 1.54) is 43.4 Å². The first kappa shape index (κ1) is 27.7. The molecule has 0 aliphatic heterocycles. The van der Waals surface area contributed by atoms with Gasteiger partial charge >= 0.3 is 6.36 Å². The van der Waals surface area contributed by atoms with E-state index in [1.54, 1.807) is 24.3 Å². The molecule has 0 aromatic heterocycles. The SMILES string of the molecule is CCCCCCc1ccc(C#Cc2ccc3c(F)c(C#Cc4ccc(OC(F)(F)F)c(F)c4)ccc3c2)cc1. The highest BCUT2D eigenvalue weighted by Gasteiger charge is 2.32. The quantitative estimate of drug-likeness (QED) is 0.137. The summed E-state index contributed by atoms with van der Waals surface area (Å²) in [5.41, 5.74) is 3.10. The average molecular weight is 533 g/mol. The lowest BCUT2D eigenvalue weighted by Gasteiger charge is -2.09. The van der Waals surface area contributed by atoms with Crippen LogP contribution in [-0.4, -0.2) is 6.36 Å². The van der Waals surface area contributed by atoms with Crippen molar-refractivity contribution in [1.82, 2.24) is 0 Å². The molecule has 0 spiro atoms. The van der Waals surface area contributed by atoms with Crippen LogP contribution in [0.5, 0.6) is 5.75 Å². The first-order valence-electron chi connectivity index (χ1n) is 12.6. The smallest absolute Gasteiger partial charge is 0.403 e. The standard InChI is InChI=1S/C33H25F5O/c1-2-3-4-5-6-23-7-9-24(10-8-23)11-12-25-14-19-29-28(21-25)18-17-27(32(29)35)16-13-26-15-20-31(30(34)22-26)39-33(36,37)38/h7-10,14-15,17-22H,2-6H2,1H3. The first-order valence-corrected chi connectivity index (χ1v) is 12.6. The Hall–Kier alpha value is -4.29. The van der Waals surface area contributed by atoms with Crippen LogP contribution in [-0.2, 0) is 6.42 Å². The van der Waals surface area contributed by atoms with Gasteiger partial charge in [0.05, 0.1) is 5.56 Å². The summed E-state index contributed by atoms with van der Waals surface area (Å²) >= 11 is 0. The van der Waals surface area contributed by atoms with Crippen molar-refractivity contribution in [1.29, 1.82) is 0 Å². The van der Waals surface area contributed by atoms with Gasteiger partial charge < -0.3 is 4.74 Å². The van der Waals surface area contributed by atoms with Crippen LogP contribution >= 0.6 is 0 Å². The van der Waals surface area contributed by atoms with E-state index in [0.29, 0.717) is 10.8 Å². The van der Waals surface area contributed by atoms with Crippen molar-refractivity contribution in [3.8, 4) is 29.4 Å². The van der Waals surface area contributed by atoms with Gasteiger partial charge in [-0.1, -0.05) is 74.1 Å². The number of halogens is 5. The Morgan fingerprint density at radius 1 is 0.692 bits per heavy atom. The molecule has 0 amide bonds. The van der Waals surface area contributed by atoms with E-state index in [1.807, 2.05) is 12.1 Å². The molecular formula is C33H25F5O. The number of alkyl halides is 3. The summed E-state index contributed by atoms with van der Waals surface area (Å²) in [5.74, 6) is 8.74. The number of ether oxygens (including phenoxy) is 1. The average Bonchev–Trinajstić information content (AvgIpc) is 2.91. The Bertz CT molecular complexity index is 1580. The molecule has 0 unspecified atom stereocenters. The lowest BCUT2D eigenvalue weighted by Crippen LogP contribution is -2.17. The molecule has 0 heterocycles. The zero-order valence-electron chi connectivity index (χ0n) is 21.3. The van der Waals surface area contributed by atoms with E-state index in [-0.39, 0.29) is 11.1 Å². The number of hydrogen-bond acceptors (Lipinski definition) is 1. The van der Waals surface area contributed by atoms with Gasteiger partial charge in [0.2, 0.25) is 0 Å². The normalized spacial score (nSPS) is 10.9. The van der Waals surface area contributed by atoms with Crippen LogP contribution in [0.1, 0.15) is 60.4 Å². The number of unbranched alkanes of at least 4 members (excludes halogenated alkanes) is 3. The topological polar surface area (TPSA) is 9.23 Å². The van der Waals surface area contributed by atoms with E-state index in [4.69, 9.17) is 0 Å². The van der Waals surface area contributed by atoms with Gasteiger partial charge in [0.25, 0.3) is 0 Å². The first-order chi connectivity index (χ1) is 18.7. The van der Waals surface area contributed by atoms with Gasteiger partial charge in [-0.25, -0.2) is 8.78 Å². The van der Waals surface area contributed by atoms with Gasteiger partial charge in [-0.05, 0) is 72.3 Å². The molecular weight excluding hydrogens is 507 g/mol. The molecule has 0 atom stereocenters. The fourth-order valence-electron chi connectivity index (χ4n) is 4.05. The minimum Gasteiger partial charge on any atom is -0.403 e. The second-order valence-corrected chi connectivity index (χ2v) is 9.06. The fourth-order valence-corrected chi connectivity index (χ4v) is 4.05. The zero-order chi connectivity index (χ0) is 27.8. The van der Waals surface area contributed by atoms with Crippen LogP contribution in [0.15, 0.2) is 72.8 Å². The van der Waals surface area contributed by atoms with Crippen molar-refractivity contribution in [3.63, 3.8) is 0 Å². The minimum atomic E-state index is -5.01. The number of hydrogen-bond donors (Lipinski definition) is 0. The highest BCUT2D eigenvalue weighted by molar-refractivity contribution is 5.86. The van der Waals surface area contributed by atoms with Crippen molar-refractivity contribution >= 4 is 10.8 Å². The van der Waals surface area contributed by atoms with E-state index in [0.717, 1.165) is 29.7 Å². The second kappa shape index (κ2) is 12.5. The molecule has 0 N–H and O–H groups in total. The number of rotatable bonds is 6. The molecule has 4 aromatic carbocycles. The highest BCUT2D eigenvalue weighted by Crippen LogP contribution is 2.26. The molecule has 0 fully saturated rings. The van der Waals surface area contributed by atoms with Crippen LogP contribution in [0.25, 0.3) is 10.8 Å². The molecule has 4 rings (SSSR count). The predicted octanol–water partition coefficient (Wildman–Crippen LogP) is 8.94.